The first-order valence-corrected chi connectivity index (χ1v) is 7.21. The van der Waals surface area contributed by atoms with E-state index in [1.54, 1.807) is 18.2 Å². The van der Waals surface area contributed by atoms with E-state index in [1.165, 1.54) is 12.1 Å². The minimum Gasteiger partial charge on any atom is -0.322 e. The third kappa shape index (κ3) is 2.94. The maximum Gasteiger partial charge on any atom is 0.416 e. The molecule has 0 saturated heterocycles. The molecule has 7 heteroatoms. The van der Waals surface area contributed by atoms with Gasteiger partial charge in [0.2, 0.25) is 5.56 Å². The van der Waals surface area contributed by atoms with E-state index >= 15 is 0 Å². The minimum atomic E-state index is -4.46. The fourth-order valence-electron chi connectivity index (χ4n) is 2.32. The van der Waals surface area contributed by atoms with E-state index in [0.717, 1.165) is 12.1 Å². The third-order valence-electron chi connectivity index (χ3n) is 3.43. The second kappa shape index (κ2) is 5.58. The molecule has 0 bridgehead atoms. The first kappa shape index (κ1) is 15.9. The Morgan fingerprint density at radius 3 is 2.26 bits per heavy atom. The van der Waals surface area contributed by atoms with Gasteiger partial charge in [0.25, 0.3) is 0 Å². The van der Waals surface area contributed by atoms with Crippen LogP contribution in [0.4, 0.5) is 13.2 Å². The van der Waals surface area contributed by atoms with Crippen molar-refractivity contribution in [1.29, 1.82) is 0 Å². The molecule has 1 heterocycles. The number of benzene rings is 2. The van der Waals surface area contributed by atoms with Gasteiger partial charge in [-0.3, -0.25) is 4.79 Å². The van der Waals surface area contributed by atoms with Gasteiger partial charge in [0, 0.05) is 33.1 Å². The van der Waals surface area contributed by atoms with Crippen LogP contribution in [0.3, 0.4) is 0 Å². The summed E-state index contributed by atoms with van der Waals surface area (Å²) < 4.78 is 38.1. The molecule has 0 aliphatic rings. The minimum absolute atomic E-state index is 0.0505. The SMILES string of the molecule is O=c1ccc2c(Cl)c(-c3ccc(C(F)(F)F)cc3Cl)ccc2[nH]1. The third-order valence-corrected chi connectivity index (χ3v) is 4.15. The molecule has 3 rings (SSSR count). The standard InChI is InChI=1S/C16H8Cl2F3NO/c17-12-7-8(16(19,20)21)1-2-9(12)10-3-5-13-11(15(10)18)4-6-14(23)22-13/h1-7H,(H,22,23). The summed E-state index contributed by atoms with van der Waals surface area (Å²) in [5.74, 6) is 0. The number of hydrogen-bond acceptors (Lipinski definition) is 1. The van der Waals surface area contributed by atoms with Crippen LogP contribution in [0.25, 0.3) is 22.0 Å². The van der Waals surface area contributed by atoms with Gasteiger partial charge in [0.1, 0.15) is 0 Å². The highest BCUT2D eigenvalue weighted by molar-refractivity contribution is 6.39. The van der Waals surface area contributed by atoms with Crippen LogP contribution in [0, 0.1) is 0 Å². The summed E-state index contributed by atoms with van der Waals surface area (Å²) in [6, 6.07) is 9.22. The molecule has 0 aliphatic heterocycles. The molecule has 118 valence electrons. The van der Waals surface area contributed by atoms with Crippen LogP contribution in [0.1, 0.15) is 5.56 Å². The van der Waals surface area contributed by atoms with Crippen LogP contribution in [0.15, 0.2) is 47.3 Å². The fourth-order valence-corrected chi connectivity index (χ4v) is 2.93. The number of hydrogen-bond donors (Lipinski definition) is 1. The van der Waals surface area contributed by atoms with Gasteiger partial charge in [-0.2, -0.15) is 13.2 Å². The maximum absolute atomic E-state index is 12.7. The van der Waals surface area contributed by atoms with Gasteiger partial charge in [-0.25, -0.2) is 0 Å². The number of H-pyrrole nitrogens is 1. The van der Waals surface area contributed by atoms with Crippen molar-refractivity contribution in [2.75, 3.05) is 0 Å². The van der Waals surface area contributed by atoms with Gasteiger partial charge in [0.15, 0.2) is 0 Å². The molecule has 0 radical (unpaired) electrons. The smallest absolute Gasteiger partial charge is 0.322 e. The van der Waals surface area contributed by atoms with E-state index in [0.29, 0.717) is 27.1 Å². The average molecular weight is 358 g/mol. The topological polar surface area (TPSA) is 32.9 Å². The summed E-state index contributed by atoms with van der Waals surface area (Å²) in [7, 11) is 0. The zero-order chi connectivity index (χ0) is 16.8. The molecule has 0 aliphatic carbocycles. The number of aromatic nitrogens is 1. The number of nitrogens with one attached hydrogen (secondary N) is 1. The van der Waals surface area contributed by atoms with Gasteiger partial charge in [-0.15, -0.1) is 0 Å². The molecule has 2 nitrogen and oxygen atoms in total. The largest absolute Gasteiger partial charge is 0.416 e. The number of fused-ring (bicyclic) bond motifs is 1. The van der Waals surface area contributed by atoms with Crippen molar-refractivity contribution in [3.8, 4) is 11.1 Å². The van der Waals surface area contributed by atoms with Crippen LogP contribution >= 0.6 is 23.2 Å². The Hall–Kier alpha value is -1.98. The molecule has 1 aromatic heterocycles. The summed E-state index contributed by atoms with van der Waals surface area (Å²) in [5.41, 5.74) is 0.318. The predicted octanol–water partition coefficient (Wildman–Crippen LogP) is 5.52. The van der Waals surface area contributed by atoms with Crippen LogP contribution in [0.5, 0.6) is 0 Å². The highest BCUT2D eigenvalue weighted by Crippen LogP contribution is 2.39. The van der Waals surface area contributed by atoms with Crippen molar-refractivity contribution in [1.82, 2.24) is 4.98 Å². The maximum atomic E-state index is 12.7. The van der Waals surface area contributed by atoms with Crippen LogP contribution in [0.2, 0.25) is 10.0 Å². The average Bonchev–Trinajstić information content (AvgIpc) is 2.47. The second-order valence-electron chi connectivity index (χ2n) is 4.90. The van der Waals surface area contributed by atoms with Crippen molar-refractivity contribution in [2.45, 2.75) is 6.18 Å². The zero-order valence-corrected chi connectivity index (χ0v) is 12.9. The Morgan fingerprint density at radius 1 is 0.913 bits per heavy atom. The lowest BCUT2D eigenvalue weighted by Crippen LogP contribution is -2.04. The monoisotopic (exact) mass is 357 g/mol. The van der Waals surface area contributed by atoms with E-state index in [1.807, 2.05) is 0 Å². The number of pyridine rings is 1. The van der Waals surface area contributed by atoms with Gasteiger partial charge in [-0.1, -0.05) is 35.3 Å². The zero-order valence-electron chi connectivity index (χ0n) is 11.3. The second-order valence-corrected chi connectivity index (χ2v) is 5.69. The molecule has 0 unspecified atom stereocenters. The Kier molecular flexibility index (Phi) is 3.86. The molecular formula is C16H8Cl2F3NO. The van der Waals surface area contributed by atoms with E-state index < -0.39 is 11.7 Å². The Bertz CT molecular complexity index is 964. The van der Waals surface area contributed by atoms with Gasteiger partial charge in [0.05, 0.1) is 10.6 Å². The van der Waals surface area contributed by atoms with Crippen LogP contribution in [-0.4, -0.2) is 4.98 Å². The summed E-state index contributed by atoms with van der Waals surface area (Å²) in [6.07, 6.45) is -4.46. The highest BCUT2D eigenvalue weighted by Gasteiger charge is 2.31. The first-order valence-electron chi connectivity index (χ1n) is 6.46. The van der Waals surface area contributed by atoms with E-state index in [-0.39, 0.29) is 10.6 Å². The predicted molar refractivity (Wildman–Crippen MR) is 85.0 cm³/mol. The molecule has 1 N–H and O–H groups in total. The lowest BCUT2D eigenvalue weighted by Gasteiger charge is -2.12. The molecule has 23 heavy (non-hydrogen) atoms. The molecule has 0 saturated carbocycles. The van der Waals surface area contributed by atoms with Gasteiger partial charge >= 0.3 is 6.18 Å². The molecule has 3 aromatic rings. The van der Waals surface area contributed by atoms with Gasteiger partial charge < -0.3 is 4.98 Å². The molecule has 0 atom stereocenters. The molecule has 2 aromatic carbocycles. The normalized spacial score (nSPS) is 11.9. The first-order chi connectivity index (χ1) is 10.8. The number of aromatic amines is 1. The van der Waals surface area contributed by atoms with E-state index in [4.69, 9.17) is 23.2 Å². The quantitative estimate of drug-likeness (QED) is 0.610. The molecule has 0 spiro atoms. The lowest BCUT2D eigenvalue weighted by atomic mass is 10.0. The Morgan fingerprint density at radius 2 is 1.61 bits per heavy atom. The molecular weight excluding hydrogens is 350 g/mol. The molecule has 0 amide bonds. The highest BCUT2D eigenvalue weighted by atomic mass is 35.5. The van der Waals surface area contributed by atoms with Crippen molar-refractivity contribution >= 4 is 34.1 Å². The fraction of sp³-hybridized carbons (Fsp3) is 0.0625. The van der Waals surface area contributed by atoms with Crippen LogP contribution in [-0.2, 0) is 6.18 Å². The number of halogens is 5. The van der Waals surface area contributed by atoms with Crippen molar-refractivity contribution in [3.05, 3.63) is 68.4 Å². The Labute approximate surface area is 138 Å². The lowest BCUT2D eigenvalue weighted by molar-refractivity contribution is -0.137. The summed E-state index contributed by atoms with van der Waals surface area (Å²) in [5, 5.41) is 0.839. The summed E-state index contributed by atoms with van der Waals surface area (Å²) in [6.45, 7) is 0. The van der Waals surface area contributed by atoms with Gasteiger partial charge in [-0.05, 0) is 24.3 Å². The van der Waals surface area contributed by atoms with Crippen LogP contribution < -0.4 is 5.56 Å². The van der Waals surface area contributed by atoms with Crippen molar-refractivity contribution < 1.29 is 13.2 Å². The number of rotatable bonds is 1. The summed E-state index contributed by atoms with van der Waals surface area (Å²) in [4.78, 5) is 13.9. The summed E-state index contributed by atoms with van der Waals surface area (Å²) >= 11 is 12.3. The van der Waals surface area contributed by atoms with E-state index in [9.17, 15) is 18.0 Å². The Balaban J connectivity index is 2.19. The molecule has 0 fully saturated rings. The number of alkyl halides is 3. The van der Waals surface area contributed by atoms with E-state index in [2.05, 4.69) is 4.98 Å². The van der Waals surface area contributed by atoms with Crippen molar-refractivity contribution in [2.24, 2.45) is 0 Å². The van der Waals surface area contributed by atoms with Crippen molar-refractivity contribution in [3.63, 3.8) is 0 Å².